The van der Waals surface area contributed by atoms with Crippen LogP contribution in [0, 0.1) is 29.1 Å². The lowest BCUT2D eigenvalue weighted by Gasteiger charge is -2.24. The van der Waals surface area contributed by atoms with E-state index >= 15 is 0 Å². The van der Waals surface area contributed by atoms with E-state index in [1.165, 1.54) is 0 Å². The quantitative estimate of drug-likeness (QED) is 0.680. The van der Waals surface area contributed by atoms with E-state index in [1.54, 1.807) is 38.1 Å². The highest BCUT2D eigenvalue weighted by atomic mass is 16.1. The first-order chi connectivity index (χ1) is 12.1. The molecule has 0 saturated heterocycles. The van der Waals surface area contributed by atoms with Gasteiger partial charge >= 0.3 is 0 Å². The second-order valence-corrected chi connectivity index (χ2v) is 7.58. The molecule has 5 nitrogen and oxygen atoms in total. The van der Waals surface area contributed by atoms with Gasteiger partial charge in [-0.1, -0.05) is 26.0 Å². The summed E-state index contributed by atoms with van der Waals surface area (Å²) in [7, 11) is 0. The summed E-state index contributed by atoms with van der Waals surface area (Å²) in [6.07, 6.45) is 1.68. The lowest BCUT2D eigenvalue weighted by Crippen LogP contribution is -2.20. The Morgan fingerprint density at radius 2 is 1.62 bits per heavy atom. The standard InChI is InChI=1S/C21H29N3O2/c1-11-9-17(10-18(11)14(4)25)19(12(2)13(3)22)20(23)15-5-7-16(8-6-15)21(24)26/h5-8,11-12,17-18,22H,9-10,23H2,1-4H3,(H2,24,26)/b20-19+,22-13?. The lowest BCUT2D eigenvalue weighted by molar-refractivity contribution is -0.121. The summed E-state index contributed by atoms with van der Waals surface area (Å²) in [5.41, 5.74) is 15.3. The average molecular weight is 355 g/mol. The largest absolute Gasteiger partial charge is 0.398 e. The van der Waals surface area contributed by atoms with Crippen LogP contribution in [0.2, 0.25) is 0 Å². The Balaban J connectivity index is 2.46. The number of benzene rings is 1. The van der Waals surface area contributed by atoms with Crippen LogP contribution < -0.4 is 11.5 Å². The van der Waals surface area contributed by atoms with Crippen molar-refractivity contribution < 1.29 is 9.59 Å². The van der Waals surface area contributed by atoms with Crippen molar-refractivity contribution in [1.82, 2.24) is 0 Å². The van der Waals surface area contributed by atoms with E-state index in [9.17, 15) is 9.59 Å². The third-order valence-electron chi connectivity index (χ3n) is 5.75. The van der Waals surface area contributed by atoms with Crippen LogP contribution in [0.1, 0.15) is 56.5 Å². The van der Waals surface area contributed by atoms with Gasteiger partial charge in [0.1, 0.15) is 5.78 Å². The van der Waals surface area contributed by atoms with E-state index in [-0.39, 0.29) is 23.5 Å². The monoisotopic (exact) mass is 355 g/mol. The van der Waals surface area contributed by atoms with Crippen molar-refractivity contribution in [3.63, 3.8) is 0 Å². The van der Waals surface area contributed by atoms with Gasteiger partial charge in [-0.15, -0.1) is 0 Å². The summed E-state index contributed by atoms with van der Waals surface area (Å²) in [5, 5.41) is 8.11. The van der Waals surface area contributed by atoms with E-state index in [4.69, 9.17) is 16.9 Å². The Hall–Kier alpha value is -2.43. The molecule has 1 saturated carbocycles. The Labute approximate surface area is 155 Å². The molecule has 4 atom stereocenters. The van der Waals surface area contributed by atoms with Crippen LogP contribution in [0.4, 0.5) is 0 Å². The van der Waals surface area contributed by atoms with Crippen molar-refractivity contribution in [3.05, 3.63) is 41.0 Å². The normalized spacial score (nSPS) is 24.7. The van der Waals surface area contributed by atoms with Crippen LogP contribution in [0.3, 0.4) is 0 Å². The van der Waals surface area contributed by atoms with E-state index in [0.717, 1.165) is 24.0 Å². The van der Waals surface area contributed by atoms with Gasteiger partial charge in [0.2, 0.25) is 5.91 Å². The Bertz CT molecular complexity index is 749. The molecule has 1 fully saturated rings. The molecule has 4 unspecified atom stereocenters. The molecule has 0 bridgehead atoms. The molecule has 0 heterocycles. The fraction of sp³-hybridized carbons (Fsp3) is 0.476. The van der Waals surface area contributed by atoms with Crippen molar-refractivity contribution >= 4 is 23.1 Å². The SMILES string of the molecule is CC(=N)C(C)/C(=C(\N)c1ccc(C(N)=O)cc1)C1CC(C)C(C(C)=O)C1. The minimum absolute atomic E-state index is 0.0540. The molecule has 2 rings (SSSR count). The maximum absolute atomic E-state index is 11.9. The summed E-state index contributed by atoms with van der Waals surface area (Å²) >= 11 is 0. The summed E-state index contributed by atoms with van der Waals surface area (Å²) in [4.78, 5) is 23.2. The molecule has 26 heavy (non-hydrogen) atoms. The summed E-state index contributed by atoms with van der Waals surface area (Å²) in [6.45, 7) is 7.55. The van der Waals surface area contributed by atoms with Crippen molar-refractivity contribution in [3.8, 4) is 0 Å². The van der Waals surface area contributed by atoms with Crippen LogP contribution in [0.15, 0.2) is 29.8 Å². The van der Waals surface area contributed by atoms with Crippen LogP contribution in [-0.2, 0) is 4.79 Å². The van der Waals surface area contributed by atoms with Gasteiger partial charge in [0.05, 0.1) is 0 Å². The number of Topliss-reactive ketones (excluding diaryl/α,β-unsaturated/α-hetero) is 1. The number of hydrogen-bond acceptors (Lipinski definition) is 4. The van der Waals surface area contributed by atoms with E-state index in [1.807, 2.05) is 6.92 Å². The number of carbonyl (C=O) groups is 2. The zero-order valence-electron chi connectivity index (χ0n) is 16.0. The summed E-state index contributed by atoms with van der Waals surface area (Å²) < 4.78 is 0. The highest BCUT2D eigenvalue weighted by Gasteiger charge is 2.38. The molecule has 1 aliphatic carbocycles. The number of ketones is 1. The van der Waals surface area contributed by atoms with Gasteiger partial charge in [-0.3, -0.25) is 9.59 Å². The Kier molecular flexibility index (Phi) is 6.01. The third kappa shape index (κ3) is 4.03. The van der Waals surface area contributed by atoms with Crippen LogP contribution in [0.25, 0.3) is 5.70 Å². The third-order valence-corrected chi connectivity index (χ3v) is 5.75. The molecule has 0 radical (unpaired) electrons. The molecule has 1 aromatic carbocycles. The Morgan fingerprint density at radius 3 is 2.04 bits per heavy atom. The van der Waals surface area contributed by atoms with Gasteiger partial charge < -0.3 is 16.9 Å². The number of hydrogen-bond donors (Lipinski definition) is 3. The first-order valence-electron chi connectivity index (χ1n) is 9.08. The predicted octanol–water partition coefficient (Wildman–Crippen LogP) is 3.38. The molecule has 0 spiro atoms. The topological polar surface area (TPSA) is 110 Å². The molecular formula is C21H29N3O2. The van der Waals surface area contributed by atoms with Crippen LogP contribution >= 0.6 is 0 Å². The molecule has 5 N–H and O–H groups in total. The zero-order valence-corrected chi connectivity index (χ0v) is 16.0. The van der Waals surface area contributed by atoms with Gasteiger partial charge in [0.25, 0.3) is 0 Å². The van der Waals surface area contributed by atoms with Gasteiger partial charge in [-0.25, -0.2) is 0 Å². The van der Waals surface area contributed by atoms with E-state index in [2.05, 4.69) is 6.92 Å². The number of allylic oxidation sites excluding steroid dienone is 1. The van der Waals surface area contributed by atoms with Crippen LogP contribution in [-0.4, -0.2) is 17.4 Å². The summed E-state index contributed by atoms with van der Waals surface area (Å²) in [5.74, 6) is 0.215. The smallest absolute Gasteiger partial charge is 0.248 e. The van der Waals surface area contributed by atoms with Gasteiger partial charge in [-0.2, -0.15) is 0 Å². The molecule has 0 aromatic heterocycles. The molecular weight excluding hydrogens is 326 g/mol. The molecule has 1 aliphatic rings. The van der Waals surface area contributed by atoms with Crippen molar-refractivity contribution in [2.75, 3.05) is 0 Å². The number of amides is 1. The highest BCUT2D eigenvalue weighted by Crippen LogP contribution is 2.44. The predicted molar refractivity (Wildman–Crippen MR) is 105 cm³/mol. The molecule has 140 valence electrons. The van der Waals surface area contributed by atoms with Gasteiger partial charge in [-0.05, 0) is 61.8 Å². The molecule has 5 heteroatoms. The van der Waals surface area contributed by atoms with Gasteiger partial charge in [0, 0.05) is 28.8 Å². The van der Waals surface area contributed by atoms with Crippen molar-refractivity contribution in [2.45, 2.75) is 40.5 Å². The number of rotatable bonds is 6. The van der Waals surface area contributed by atoms with Crippen LogP contribution in [0.5, 0.6) is 0 Å². The van der Waals surface area contributed by atoms with Crippen molar-refractivity contribution in [2.24, 2.45) is 35.1 Å². The van der Waals surface area contributed by atoms with Crippen molar-refractivity contribution in [1.29, 1.82) is 5.41 Å². The second-order valence-electron chi connectivity index (χ2n) is 7.58. The second kappa shape index (κ2) is 7.85. The zero-order chi connectivity index (χ0) is 19.6. The maximum atomic E-state index is 11.9. The molecule has 1 amide bonds. The fourth-order valence-electron chi connectivity index (χ4n) is 4.09. The Morgan fingerprint density at radius 1 is 1.08 bits per heavy atom. The average Bonchev–Trinajstić information content (AvgIpc) is 2.96. The first kappa shape index (κ1) is 19.9. The highest BCUT2D eigenvalue weighted by molar-refractivity contribution is 5.93. The first-order valence-corrected chi connectivity index (χ1v) is 9.08. The minimum Gasteiger partial charge on any atom is -0.398 e. The number of nitrogens with one attached hydrogen (secondary N) is 1. The number of primary amides is 1. The fourth-order valence-corrected chi connectivity index (χ4v) is 4.09. The minimum atomic E-state index is -0.475. The lowest BCUT2D eigenvalue weighted by atomic mass is 9.82. The van der Waals surface area contributed by atoms with Gasteiger partial charge in [0.15, 0.2) is 0 Å². The molecule has 0 aliphatic heterocycles. The molecule has 1 aromatic rings. The number of nitrogens with two attached hydrogens (primary N) is 2. The number of carbonyl (C=O) groups excluding carboxylic acids is 2. The van der Waals surface area contributed by atoms with E-state index < -0.39 is 5.91 Å². The maximum Gasteiger partial charge on any atom is 0.248 e. The summed E-state index contributed by atoms with van der Waals surface area (Å²) in [6, 6.07) is 6.92. The van der Waals surface area contributed by atoms with E-state index in [0.29, 0.717) is 22.9 Å².